The Hall–Kier alpha value is -2.72. The van der Waals surface area contributed by atoms with Gasteiger partial charge in [-0.05, 0) is 41.5 Å². The Balaban J connectivity index is 0.000000523. The first-order valence-electron chi connectivity index (χ1n) is 8.59. The molecule has 10 nitrogen and oxygen atoms in total. The van der Waals surface area contributed by atoms with Crippen molar-refractivity contribution in [1.82, 2.24) is 19.1 Å². The fourth-order valence-corrected chi connectivity index (χ4v) is 1.77. The number of hydrogen-bond donors (Lipinski definition) is 2. The molecule has 0 unspecified atom stereocenters. The molecular formula is C19H32N4O6. The molecule has 2 heterocycles. The van der Waals surface area contributed by atoms with Gasteiger partial charge in [-0.3, -0.25) is 0 Å². The lowest BCUT2D eigenvalue weighted by Gasteiger charge is -2.19. The van der Waals surface area contributed by atoms with E-state index < -0.39 is 23.4 Å². The van der Waals surface area contributed by atoms with Crippen LogP contribution in [0.1, 0.15) is 60.4 Å². The van der Waals surface area contributed by atoms with Gasteiger partial charge in [-0.25, -0.2) is 28.7 Å². The van der Waals surface area contributed by atoms with Gasteiger partial charge in [0.15, 0.2) is 0 Å². The largest absolute Gasteiger partial charge is 0.443 e. The topological polar surface area (TPSA) is 129 Å². The molecule has 2 N–H and O–H groups in total. The van der Waals surface area contributed by atoms with Gasteiger partial charge in [0, 0.05) is 6.20 Å². The lowest BCUT2D eigenvalue weighted by atomic mass is 10.2. The molecule has 0 aliphatic rings. The van der Waals surface area contributed by atoms with Gasteiger partial charge in [0.25, 0.3) is 0 Å². The highest BCUT2D eigenvalue weighted by Crippen LogP contribution is 2.10. The zero-order chi connectivity index (χ0) is 21.5. The summed E-state index contributed by atoms with van der Waals surface area (Å²) in [6.07, 6.45) is 4.47. The van der Waals surface area contributed by atoms with Crippen molar-refractivity contribution in [1.29, 1.82) is 0 Å². The Labute approximate surface area is 171 Å². The number of aliphatic hydroxyl groups excluding tert-OH is 2. The third-order valence-electron chi connectivity index (χ3n) is 2.87. The normalized spacial score (nSPS) is 11.0. The first kappa shape index (κ1) is 26.3. The molecule has 0 aromatic carbocycles. The lowest BCUT2D eigenvalue weighted by molar-refractivity contribution is 0.0518. The Bertz CT molecular complexity index is 783. The van der Waals surface area contributed by atoms with Crippen LogP contribution in [0.3, 0.4) is 0 Å². The molecule has 0 fully saturated rings. The number of carbonyl (C=O) groups is 2. The zero-order valence-corrected chi connectivity index (χ0v) is 17.0. The molecule has 0 aliphatic carbocycles. The standard InChI is InChI=1S/2C9H14N2O3.CH4/c1-9(2,3)14-8(13)11-4-7(5-12)10-6-11;1-9(2,3)14-8(13)11-6-10-4-7(11)5-12;/h2*4,6,12H,5H2,1-3H3;1H4. The molecule has 29 heavy (non-hydrogen) atoms. The van der Waals surface area contributed by atoms with E-state index in [0.29, 0.717) is 11.4 Å². The number of aliphatic hydroxyl groups is 2. The Morgan fingerprint density at radius 3 is 1.97 bits per heavy atom. The monoisotopic (exact) mass is 412 g/mol. The third kappa shape index (κ3) is 9.35. The minimum atomic E-state index is -0.548. The highest BCUT2D eigenvalue weighted by Gasteiger charge is 2.19. The van der Waals surface area contributed by atoms with Gasteiger partial charge >= 0.3 is 12.2 Å². The number of carbonyl (C=O) groups excluding carboxylic acids is 2. The van der Waals surface area contributed by atoms with Crippen LogP contribution in [-0.4, -0.2) is 52.7 Å². The number of ether oxygens (including phenoxy) is 2. The van der Waals surface area contributed by atoms with E-state index in [1.807, 2.05) is 0 Å². The summed E-state index contributed by atoms with van der Waals surface area (Å²) in [5.41, 5.74) is -0.218. The smallest absolute Gasteiger partial charge is 0.420 e. The van der Waals surface area contributed by atoms with Gasteiger partial charge < -0.3 is 19.7 Å². The summed E-state index contributed by atoms with van der Waals surface area (Å²) in [4.78, 5) is 30.4. The van der Waals surface area contributed by atoms with Crippen molar-refractivity contribution in [2.24, 2.45) is 0 Å². The average Bonchev–Trinajstić information content (AvgIpc) is 3.21. The van der Waals surface area contributed by atoms with Gasteiger partial charge in [-0.1, -0.05) is 7.43 Å². The highest BCUT2D eigenvalue weighted by atomic mass is 16.6. The number of imidazole rings is 2. The molecule has 0 aliphatic heterocycles. The summed E-state index contributed by atoms with van der Waals surface area (Å²) in [7, 11) is 0. The van der Waals surface area contributed by atoms with E-state index in [0.717, 1.165) is 0 Å². The molecule has 2 aromatic heterocycles. The maximum Gasteiger partial charge on any atom is 0.420 e. The van der Waals surface area contributed by atoms with E-state index in [2.05, 4.69) is 9.97 Å². The van der Waals surface area contributed by atoms with Crippen LogP contribution in [0.4, 0.5) is 9.59 Å². The van der Waals surface area contributed by atoms with Crippen molar-refractivity contribution in [2.75, 3.05) is 0 Å². The molecule has 10 heteroatoms. The van der Waals surface area contributed by atoms with Crippen molar-refractivity contribution in [2.45, 2.75) is 73.4 Å². The number of rotatable bonds is 2. The second-order valence-corrected chi connectivity index (χ2v) is 7.80. The molecule has 0 spiro atoms. The zero-order valence-electron chi connectivity index (χ0n) is 17.0. The SMILES string of the molecule is C.CC(C)(C)OC(=O)n1cnc(CO)c1.CC(C)(C)OC(=O)n1cncc1CO. The van der Waals surface area contributed by atoms with Crippen molar-refractivity contribution in [3.05, 3.63) is 36.4 Å². The maximum atomic E-state index is 11.5. The second-order valence-electron chi connectivity index (χ2n) is 7.80. The van der Waals surface area contributed by atoms with Gasteiger partial charge in [-0.2, -0.15) is 0 Å². The average molecular weight is 412 g/mol. The Morgan fingerprint density at radius 1 is 0.966 bits per heavy atom. The summed E-state index contributed by atoms with van der Waals surface area (Å²) >= 11 is 0. The van der Waals surface area contributed by atoms with E-state index in [4.69, 9.17) is 19.7 Å². The molecular weight excluding hydrogens is 380 g/mol. The molecule has 0 amide bonds. The van der Waals surface area contributed by atoms with Crippen LogP contribution in [0.2, 0.25) is 0 Å². The van der Waals surface area contributed by atoms with Gasteiger partial charge in [0.1, 0.15) is 23.9 Å². The van der Waals surface area contributed by atoms with Crippen molar-refractivity contribution in [3.63, 3.8) is 0 Å². The minimum Gasteiger partial charge on any atom is -0.443 e. The van der Waals surface area contributed by atoms with E-state index in [1.165, 1.54) is 34.2 Å². The Morgan fingerprint density at radius 2 is 1.52 bits per heavy atom. The predicted octanol–water partition coefficient (Wildman–Crippen LogP) is 2.95. The first-order valence-corrected chi connectivity index (χ1v) is 8.59. The van der Waals surface area contributed by atoms with Crippen molar-refractivity contribution < 1.29 is 29.3 Å². The maximum absolute atomic E-state index is 11.5. The van der Waals surface area contributed by atoms with E-state index in [-0.39, 0.29) is 20.6 Å². The van der Waals surface area contributed by atoms with Crippen molar-refractivity contribution >= 4 is 12.2 Å². The predicted molar refractivity (Wildman–Crippen MR) is 106 cm³/mol. The molecule has 2 aromatic rings. The highest BCUT2D eigenvalue weighted by molar-refractivity contribution is 5.71. The lowest BCUT2D eigenvalue weighted by Crippen LogP contribution is -2.27. The van der Waals surface area contributed by atoms with Gasteiger partial charge in [0.05, 0.1) is 30.8 Å². The molecule has 0 saturated carbocycles. The summed E-state index contributed by atoms with van der Waals surface area (Å²) in [5.74, 6) is 0. The van der Waals surface area contributed by atoms with Crippen LogP contribution < -0.4 is 0 Å². The number of hydrogen-bond acceptors (Lipinski definition) is 8. The summed E-state index contributed by atoms with van der Waals surface area (Å²) in [6.45, 7) is 10.3. The van der Waals surface area contributed by atoms with Gasteiger partial charge in [0.2, 0.25) is 0 Å². The molecule has 2 rings (SSSR count). The van der Waals surface area contributed by atoms with E-state index >= 15 is 0 Å². The van der Waals surface area contributed by atoms with Crippen LogP contribution in [-0.2, 0) is 22.7 Å². The van der Waals surface area contributed by atoms with Crippen LogP contribution >= 0.6 is 0 Å². The van der Waals surface area contributed by atoms with Crippen LogP contribution in [0.25, 0.3) is 0 Å². The fraction of sp³-hybridized carbons (Fsp3) is 0.579. The summed E-state index contributed by atoms with van der Waals surface area (Å²) in [5, 5.41) is 17.6. The molecule has 0 atom stereocenters. The third-order valence-corrected chi connectivity index (χ3v) is 2.87. The number of nitrogens with zero attached hydrogens (tertiary/aromatic N) is 4. The van der Waals surface area contributed by atoms with Crippen LogP contribution in [0.15, 0.2) is 25.0 Å². The van der Waals surface area contributed by atoms with E-state index in [1.54, 1.807) is 41.5 Å². The summed E-state index contributed by atoms with van der Waals surface area (Å²) in [6, 6.07) is 0. The van der Waals surface area contributed by atoms with Crippen LogP contribution in [0, 0.1) is 0 Å². The van der Waals surface area contributed by atoms with E-state index in [9.17, 15) is 9.59 Å². The van der Waals surface area contributed by atoms with Gasteiger partial charge in [-0.15, -0.1) is 0 Å². The molecule has 0 radical (unpaired) electrons. The van der Waals surface area contributed by atoms with Crippen LogP contribution in [0.5, 0.6) is 0 Å². The second kappa shape index (κ2) is 10.7. The fourth-order valence-electron chi connectivity index (χ4n) is 1.77. The summed E-state index contributed by atoms with van der Waals surface area (Å²) < 4.78 is 12.6. The number of aromatic nitrogens is 4. The molecule has 0 bridgehead atoms. The quantitative estimate of drug-likeness (QED) is 0.770. The van der Waals surface area contributed by atoms with Crippen molar-refractivity contribution in [3.8, 4) is 0 Å². The molecule has 164 valence electrons. The molecule has 0 saturated heterocycles. The Kier molecular flexibility index (Phi) is 9.72. The first-order chi connectivity index (χ1) is 12.9. The minimum absolute atomic E-state index is 0.